The molecule has 29 heavy (non-hydrogen) atoms. The third kappa shape index (κ3) is 5.81. The maximum atomic E-state index is 12.3. The normalized spacial score (nSPS) is 12.7. The minimum atomic E-state index is -3.74. The fourth-order valence-electron chi connectivity index (χ4n) is 2.98. The van der Waals surface area contributed by atoms with Gasteiger partial charge in [0.2, 0.25) is 0 Å². The van der Waals surface area contributed by atoms with Gasteiger partial charge in [-0.1, -0.05) is 54.1 Å². The van der Waals surface area contributed by atoms with Crippen LogP contribution in [-0.2, 0) is 10.0 Å². The predicted octanol–water partition coefficient (Wildman–Crippen LogP) is 4.31. The van der Waals surface area contributed by atoms with E-state index in [-0.39, 0.29) is 10.8 Å². The highest BCUT2D eigenvalue weighted by Gasteiger charge is 2.17. The lowest BCUT2D eigenvalue weighted by molar-refractivity contribution is 0.269. The molecule has 0 radical (unpaired) electrons. The van der Waals surface area contributed by atoms with Gasteiger partial charge in [-0.3, -0.25) is 0 Å². The molecule has 152 valence electrons. The number of benzene rings is 3. The number of nitrogens with zero attached hydrogens (tertiary/aromatic N) is 1. The molecule has 5 nitrogen and oxygen atoms in total. The summed E-state index contributed by atoms with van der Waals surface area (Å²) in [5.74, 6) is 0.560. The summed E-state index contributed by atoms with van der Waals surface area (Å²) >= 11 is 6.02. The maximum absolute atomic E-state index is 12.3. The monoisotopic (exact) mass is 430 g/mol. The maximum Gasteiger partial charge on any atom is 0.271 e. The Hall–Kier alpha value is -2.38. The van der Waals surface area contributed by atoms with Crippen LogP contribution in [0.4, 0.5) is 0 Å². The van der Waals surface area contributed by atoms with Gasteiger partial charge in [-0.25, -0.2) is 8.42 Å². The fourth-order valence-corrected chi connectivity index (χ4v) is 3.93. The second-order valence-electron chi connectivity index (χ2n) is 6.94. The summed E-state index contributed by atoms with van der Waals surface area (Å²) in [7, 11) is 0.314. The Morgan fingerprint density at radius 2 is 1.45 bits per heavy atom. The number of rotatable bonds is 8. The summed E-state index contributed by atoms with van der Waals surface area (Å²) in [6, 6.07) is 23.3. The Morgan fingerprint density at radius 3 is 2.00 bits per heavy atom. The number of halogens is 1. The zero-order chi connectivity index (χ0) is 20.9. The molecule has 0 aliphatic heterocycles. The van der Waals surface area contributed by atoms with E-state index in [1.807, 2.05) is 50.5 Å². The second kappa shape index (κ2) is 9.41. The lowest BCUT2D eigenvalue weighted by atomic mass is 9.91. The highest BCUT2D eigenvalue weighted by molar-refractivity contribution is 7.89. The molecule has 0 heterocycles. The molecular weight excluding hydrogens is 408 g/mol. The molecule has 0 amide bonds. The van der Waals surface area contributed by atoms with Crippen LogP contribution in [0, 0.1) is 0 Å². The molecule has 3 aromatic carbocycles. The minimum absolute atomic E-state index is 0.144. The minimum Gasteiger partial charge on any atom is -0.394 e. The molecule has 3 rings (SSSR count). The highest BCUT2D eigenvalue weighted by atomic mass is 35.5. The van der Waals surface area contributed by atoms with Crippen molar-refractivity contribution in [3.8, 4) is 5.75 Å². The van der Waals surface area contributed by atoms with Crippen LogP contribution in [-0.4, -0.2) is 34.0 Å². The first kappa shape index (κ1) is 21.3. The van der Waals surface area contributed by atoms with Crippen LogP contribution in [0.2, 0.25) is 5.02 Å². The Bertz CT molecular complexity index is 1020. The fraction of sp³-hybridized carbons (Fsp3) is 0.182. The number of sulfonamides is 1. The zero-order valence-corrected chi connectivity index (χ0v) is 17.8. The number of hydrogen-bond donors (Lipinski definition) is 1. The summed E-state index contributed by atoms with van der Waals surface area (Å²) in [6.45, 7) is 0.822. The first-order valence-corrected chi connectivity index (χ1v) is 10.9. The van der Waals surface area contributed by atoms with Crippen molar-refractivity contribution in [3.63, 3.8) is 0 Å². The highest BCUT2D eigenvalue weighted by Crippen LogP contribution is 2.28. The Labute approximate surface area is 176 Å². The van der Waals surface area contributed by atoms with Gasteiger partial charge in [-0.15, -0.1) is 0 Å². The molecule has 3 aromatic rings. The van der Waals surface area contributed by atoms with E-state index < -0.39 is 10.0 Å². The Morgan fingerprint density at radius 1 is 0.897 bits per heavy atom. The third-order valence-corrected chi connectivity index (χ3v) is 5.87. The molecule has 0 aromatic heterocycles. The average Bonchev–Trinajstić information content (AvgIpc) is 2.72. The second-order valence-corrected chi connectivity index (χ2v) is 9.02. The molecule has 0 spiro atoms. The lowest BCUT2D eigenvalue weighted by Crippen LogP contribution is -2.27. The SMILES string of the molecule is CN(C)C[C@H](c1ccc(Cl)cc1)c1ccc(ONS(=O)(=O)c2ccccc2)cc1. The van der Waals surface area contributed by atoms with Crippen LogP contribution in [0.15, 0.2) is 83.8 Å². The summed E-state index contributed by atoms with van der Waals surface area (Å²) in [4.78, 5) is 9.72. The zero-order valence-electron chi connectivity index (χ0n) is 16.2. The average molecular weight is 431 g/mol. The number of hydrogen-bond acceptors (Lipinski definition) is 4. The molecule has 0 unspecified atom stereocenters. The molecule has 7 heteroatoms. The van der Waals surface area contributed by atoms with Gasteiger partial charge in [0.15, 0.2) is 0 Å². The lowest BCUT2D eigenvalue weighted by Gasteiger charge is -2.22. The van der Waals surface area contributed by atoms with Crippen molar-refractivity contribution >= 4 is 21.6 Å². The van der Waals surface area contributed by atoms with Gasteiger partial charge in [0.1, 0.15) is 5.75 Å². The van der Waals surface area contributed by atoms with Crippen molar-refractivity contribution in [2.45, 2.75) is 10.8 Å². The summed E-state index contributed by atoms with van der Waals surface area (Å²) < 4.78 is 24.5. The van der Waals surface area contributed by atoms with Gasteiger partial charge in [0.25, 0.3) is 10.0 Å². The summed E-state index contributed by atoms with van der Waals surface area (Å²) in [5.41, 5.74) is 2.25. The van der Waals surface area contributed by atoms with Crippen LogP contribution in [0.3, 0.4) is 0 Å². The first-order valence-electron chi connectivity index (χ1n) is 9.09. The van der Waals surface area contributed by atoms with Gasteiger partial charge in [0, 0.05) is 17.5 Å². The molecule has 0 aliphatic rings. The van der Waals surface area contributed by atoms with Gasteiger partial charge in [-0.2, -0.15) is 0 Å². The molecule has 0 aliphatic carbocycles. The summed E-state index contributed by atoms with van der Waals surface area (Å²) in [6.07, 6.45) is 0. The van der Waals surface area contributed by atoms with Crippen LogP contribution >= 0.6 is 11.6 Å². The summed E-state index contributed by atoms with van der Waals surface area (Å²) in [5, 5.41) is 0.701. The van der Waals surface area contributed by atoms with Gasteiger partial charge >= 0.3 is 0 Å². The topological polar surface area (TPSA) is 58.6 Å². The van der Waals surface area contributed by atoms with Crippen molar-refractivity contribution in [2.75, 3.05) is 20.6 Å². The molecular formula is C22H23ClN2O3S. The molecule has 0 fully saturated rings. The first-order chi connectivity index (χ1) is 13.8. The molecule has 1 N–H and O–H groups in total. The third-order valence-electron chi connectivity index (χ3n) is 4.43. The standard InChI is InChI=1S/C22H23ClN2O3S/c1-25(2)16-22(17-8-12-19(23)13-9-17)18-10-14-20(15-11-18)28-24-29(26,27)21-6-4-3-5-7-21/h3-15,22,24H,16H2,1-2H3/t22-/m1/s1. The van der Waals surface area contributed by atoms with Crippen LogP contribution < -0.4 is 9.72 Å². The molecule has 0 saturated carbocycles. The molecule has 0 bridgehead atoms. The largest absolute Gasteiger partial charge is 0.394 e. The van der Waals surface area contributed by atoms with Crippen molar-refractivity contribution in [2.24, 2.45) is 0 Å². The van der Waals surface area contributed by atoms with Crippen LogP contribution in [0.25, 0.3) is 0 Å². The van der Waals surface area contributed by atoms with E-state index >= 15 is 0 Å². The molecule has 1 atom stereocenters. The number of nitrogens with one attached hydrogen (secondary N) is 1. The van der Waals surface area contributed by atoms with Crippen LogP contribution in [0.1, 0.15) is 17.0 Å². The smallest absolute Gasteiger partial charge is 0.271 e. The predicted molar refractivity (Wildman–Crippen MR) is 116 cm³/mol. The van der Waals surface area contributed by atoms with E-state index in [4.69, 9.17) is 16.4 Å². The van der Waals surface area contributed by atoms with Gasteiger partial charge in [0.05, 0.1) is 4.90 Å². The number of likely N-dealkylation sites (N-methyl/N-ethyl adjacent to an activating group) is 1. The van der Waals surface area contributed by atoms with Gasteiger partial charge in [-0.05, 0) is 66.5 Å². The van der Waals surface area contributed by atoms with Crippen molar-refractivity contribution in [1.29, 1.82) is 0 Å². The van der Waals surface area contributed by atoms with Crippen molar-refractivity contribution in [3.05, 3.63) is 95.0 Å². The quantitative estimate of drug-likeness (QED) is 0.541. The Kier molecular flexibility index (Phi) is 6.92. The van der Waals surface area contributed by atoms with Crippen LogP contribution in [0.5, 0.6) is 5.75 Å². The molecule has 0 saturated heterocycles. The van der Waals surface area contributed by atoms with E-state index in [0.717, 1.165) is 17.7 Å². The Balaban J connectivity index is 1.74. The van der Waals surface area contributed by atoms with Crippen molar-refractivity contribution < 1.29 is 13.3 Å². The van der Waals surface area contributed by atoms with Gasteiger partial charge < -0.3 is 9.74 Å². The van der Waals surface area contributed by atoms with E-state index in [9.17, 15) is 8.42 Å². The van der Waals surface area contributed by atoms with E-state index in [1.165, 1.54) is 12.1 Å². The van der Waals surface area contributed by atoms with E-state index in [2.05, 4.69) is 9.79 Å². The van der Waals surface area contributed by atoms with E-state index in [0.29, 0.717) is 10.8 Å². The van der Waals surface area contributed by atoms with E-state index in [1.54, 1.807) is 30.3 Å². The van der Waals surface area contributed by atoms with Crippen molar-refractivity contribution in [1.82, 2.24) is 9.79 Å².